The predicted octanol–water partition coefficient (Wildman–Crippen LogP) is 3.66. The molecule has 0 spiro atoms. The molecule has 0 bridgehead atoms. The van der Waals surface area contributed by atoms with Gasteiger partial charge in [0.05, 0.1) is 12.5 Å². The lowest BCUT2D eigenvalue weighted by molar-refractivity contribution is -0.136. The van der Waals surface area contributed by atoms with E-state index in [2.05, 4.69) is 31.8 Å². The first-order valence-electron chi connectivity index (χ1n) is 8.68. The maximum Gasteiger partial charge on any atom is 0.379 e. The number of furan rings is 1. The molecule has 0 unspecified atom stereocenters. The van der Waals surface area contributed by atoms with Crippen molar-refractivity contribution in [2.24, 2.45) is 5.10 Å². The van der Waals surface area contributed by atoms with Crippen LogP contribution < -0.4 is 15.5 Å². The molecule has 0 radical (unpaired) electrons. The van der Waals surface area contributed by atoms with Crippen LogP contribution >= 0.6 is 15.9 Å². The van der Waals surface area contributed by atoms with Crippen LogP contribution in [0.3, 0.4) is 0 Å². The lowest BCUT2D eigenvalue weighted by atomic mass is 10.2. The molecule has 1 heterocycles. The van der Waals surface area contributed by atoms with Gasteiger partial charge in [0.15, 0.2) is 0 Å². The minimum atomic E-state index is -0.905. The van der Waals surface area contributed by atoms with E-state index < -0.39 is 17.8 Å². The van der Waals surface area contributed by atoms with E-state index in [-0.39, 0.29) is 5.76 Å². The number of hydrazone groups is 1. The number of hydrogen-bond donors (Lipinski definition) is 2. The maximum absolute atomic E-state index is 12.0. The molecule has 0 atom stereocenters. The normalized spacial score (nSPS) is 10.6. The number of nitrogens with zero attached hydrogens (tertiary/aromatic N) is 1. The van der Waals surface area contributed by atoms with E-state index in [0.29, 0.717) is 17.0 Å². The van der Waals surface area contributed by atoms with Gasteiger partial charge in [-0.1, -0.05) is 15.9 Å². The number of ether oxygens (including phenoxy) is 1. The van der Waals surface area contributed by atoms with Gasteiger partial charge in [0.25, 0.3) is 0 Å². The third kappa shape index (κ3) is 5.65. The molecule has 9 heteroatoms. The summed E-state index contributed by atoms with van der Waals surface area (Å²) in [5.74, 6) is -1.93. The van der Waals surface area contributed by atoms with Crippen molar-refractivity contribution >= 4 is 45.6 Å². The summed E-state index contributed by atoms with van der Waals surface area (Å²) < 4.78 is 11.0. The van der Waals surface area contributed by atoms with E-state index in [4.69, 9.17) is 9.15 Å². The van der Waals surface area contributed by atoms with Crippen LogP contribution in [0.2, 0.25) is 0 Å². The molecule has 1 aromatic heterocycles. The summed E-state index contributed by atoms with van der Waals surface area (Å²) in [4.78, 5) is 35.7. The Morgan fingerprint density at radius 2 is 1.83 bits per heavy atom. The first-order chi connectivity index (χ1) is 14.4. The first-order valence-corrected chi connectivity index (χ1v) is 9.48. The highest BCUT2D eigenvalue weighted by Crippen LogP contribution is 2.20. The SMILES string of the molecule is Cc1cc(Br)ccc1NC(=O)C(=O)N/N=C/c1ccc(OC(=O)c2ccco2)cc1. The van der Waals surface area contributed by atoms with Crippen molar-refractivity contribution in [1.82, 2.24) is 5.43 Å². The lowest BCUT2D eigenvalue weighted by Gasteiger charge is -2.07. The molecule has 30 heavy (non-hydrogen) atoms. The zero-order chi connectivity index (χ0) is 21.5. The Kier molecular flexibility index (Phi) is 6.76. The maximum atomic E-state index is 12.0. The molecule has 3 rings (SSSR count). The monoisotopic (exact) mass is 469 g/mol. The van der Waals surface area contributed by atoms with Gasteiger partial charge < -0.3 is 14.5 Å². The molecule has 0 aliphatic rings. The fourth-order valence-electron chi connectivity index (χ4n) is 2.34. The van der Waals surface area contributed by atoms with Crippen molar-refractivity contribution in [3.05, 3.63) is 82.2 Å². The van der Waals surface area contributed by atoms with Gasteiger partial charge >= 0.3 is 17.8 Å². The van der Waals surface area contributed by atoms with Crippen molar-refractivity contribution in [3.8, 4) is 5.75 Å². The van der Waals surface area contributed by atoms with Crippen LogP contribution in [0.5, 0.6) is 5.75 Å². The average Bonchev–Trinajstić information content (AvgIpc) is 3.26. The van der Waals surface area contributed by atoms with E-state index in [9.17, 15) is 14.4 Å². The highest BCUT2D eigenvalue weighted by molar-refractivity contribution is 9.10. The third-order valence-corrected chi connectivity index (χ3v) is 4.33. The van der Waals surface area contributed by atoms with E-state index >= 15 is 0 Å². The zero-order valence-electron chi connectivity index (χ0n) is 15.7. The third-order valence-electron chi connectivity index (χ3n) is 3.84. The molecule has 152 valence electrons. The first kappa shape index (κ1) is 21.0. The number of hydrogen-bond acceptors (Lipinski definition) is 6. The number of rotatable bonds is 5. The van der Waals surface area contributed by atoms with Crippen LogP contribution in [-0.4, -0.2) is 24.0 Å². The molecule has 3 aromatic rings. The Morgan fingerprint density at radius 1 is 1.07 bits per heavy atom. The summed E-state index contributed by atoms with van der Waals surface area (Å²) in [6, 6.07) is 14.7. The number of amides is 2. The average molecular weight is 470 g/mol. The van der Waals surface area contributed by atoms with Gasteiger partial charge in [-0.05, 0) is 72.6 Å². The van der Waals surface area contributed by atoms with Gasteiger partial charge in [-0.2, -0.15) is 5.10 Å². The highest BCUT2D eigenvalue weighted by Gasteiger charge is 2.14. The van der Waals surface area contributed by atoms with Gasteiger partial charge in [0.1, 0.15) is 5.75 Å². The minimum Gasteiger partial charge on any atom is -0.457 e. The fraction of sp³-hybridized carbons (Fsp3) is 0.0476. The molecule has 0 aliphatic heterocycles. The van der Waals surface area contributed by atoms with Crippen molar-refractivity contribution in [2.45, 2.75) is 6.92 Å². The number of esters is 1. The van der Waals surface area contributed by atoms with Gasteiger partial charge in [-0.15, -0.1) is 0 Å². The molecule has 0 fully saturated rings. The van der Waals surface area contributed by atoms with Crippen molar-refractivity contribution in [1.29, 1.82) is 0 Å². The number of carbonyl (C=O) groups is 3. The molecule has 0 saturated carbocycles. The lowest BCUT2D eigenvalue weighted by Crippen LogP contribution is -2.32. The standard InChI is InChI=1S/C21H16BrN3O5/c1-13-11-15(22)6-9-17(13)24-19(26)20(27)25-23-12-14-4-7-16(8-5-14)30-21(28)18-3-2-10-29-18/h2-12H,1H3,(H,24,26)(H,25,27)/b23-12+. The van der Waals surface area contributed by atoms with E-state index in [0.717, 1.165) is 10.0 Å². The Bertz CT molecular complexity index is 1090. The molecule has 0 saturated heterocycles. The summed E-state index contributed by atoms with van der Waals surface area (Å²) in [5, 5.41) is 6.28. The smallest absolute Gasteiger partial charge is 0.379 e. The fourth-order valence-corrected chi connectivity index (χ4v) is 2.81. The molecule has 2 amide bonds. The molecular weight excluding hydrogens is 454 g/mol. The molecule has 2 aromatic carbocycles. The Hall–Kier alpha value is -3.72. The van der Waals surface area contributed by atoms with Crippen LogP contribution in [0.4, 0.5) is 5.69 Å². The second-order valence-electron chi connectivity index (χ2n) is 6.05. The van der Waals surface area contributed by atoms with Crippen LogP contribution in [0.15, 0.2) is 74.9 Å². The van der Waals surface area contributed by atoms with Crippen molar-refractivity contribution in [3.63, 3.8) is 0 Å². The zero-order valence-corrected chi connectivity index (χ0v) is 17.3. The van der Waals surface area contributed by atoms with Crippen LogP contribution in [0.1, 0.15) is 21.7 Å². The number of halogens is 1. The molecule has 8 nitrogen and oxygen atoms in total. The van der Waals surface area contributed by atoms with Crippen LogP contribution in [-0.2, 0) is 9.59 Å². The summed E-state index contributed by atoms with van der Waals surface area (Å²) in [5.41, 5.74) is 4.12. The number of benzene rings is 2. The highest BCUT2D eigenvalue weighted by atomic mass is 79.9. The number of aryl methyl sites for hydroxylation is 1. The Labute approximate surface area is 180 Å². The largest absolute Gasteiger partial charge is 0.457 e. The number of nitrogens with one attached hydrogen (secondary N) is 2. The van der Waals surface area contributed by atoms with E-state index in [1.54, 1.807) is 42.5 Å². The number of anilines is 1. The van der Waals surface area contributed by atoms with Gasteiger partial charge in [-0.3, -0.25) is 9.59 Å². The summed E-state index contributed by atoms with van der Waals surface area (Å²) in [6.07, 6.45) is 2.74. The van der Waals surface area contributed by atoms with Gasteiger partial charge in [0, 0.05) is 10.2 Å². The molecular formula is C21H16BrN3O5. The van der Waals surface area contributed by atoms with Crippen molar-refractivity contribution in [2.75, 3.05) is 5.32 Å². The Balaban J connectivity index is 1.51. The number of carbonyl (C=O) groups excluding carboxylic acids is 3. The van der Waals surface area contributed by atoms with Gasteiger partial charge in [0.2, 0.25) is 5.76 Å². The summed E-state index contributed by atoms with van der Waals surface area (Å²) in [7, 11) is 0. The quantitative estimate of drug-likeness (QED) is 0.195. The summed E-state index contributed by atoms with van der Waals surface area (Å²) >= 11 is 3.33. The van der Waals surface area contributed by atoms with Crippen LogP contribution in [0, 0.1) is 6.92 Å². The predicted molar refractivity (Wildman–Crippen MR) is 113 cm³/mol. The second kappa shape index (κ2) is 9.66. The van der Waals surface area contributed by atoms with Gasteiger partial charge in [-0.25, -0.2) is 10.2 Å². The van der Waals surface area contributed by atoms with E-state index in [1.165, 1.54) is 18.5 Å². The molecule has 0 aliphatic carbocycles. The second-order valence-corrected chi connectivity index (χ2v) is 6.96. The van der Waals surface area contributed by atoms with E-state index in [1.807, 2.05) is 13.0 Å². The summed E-state index contributed by atoms with van der Waals surface area (Å²) in [6.45, 7) is 1.81. The van der Waals surface area contributed by atoms with Crippen LogP contribution in [0.25, 0.3) is 0 Å². The van der Waals surface area contributed by atoms with Crippen molar-refractivity contribution < 1.29 is 23.5 Å². The topological polar surface area (TPSA) is 110 Å². The Morgan fingerprint density at radius 3 is 2.50 bits per heavy atom. The minimum absolute atomic E-state index is 0.0972. The molecule has 2 N–H and O–H groups in total.